The predicted octanol–water partition coefficient (Wildman–Crippen LogP) is 0.471. The molecule has 148 valence electrons. The first-order chi connectivity index (χ1) is 13.3. The molecule has 3 aliphatic heterocycles. The number of nitrogens with zero attached hydrogens (tertiary/aromatic N) is 1. The molecule has 1 aromatic rings. The molecule has 0 bridgehead atoms. The van der Waals surface area contributed by atoms with Crippen LogP contribution in [0.25, 0.3) is 0 Å². The maximum absolute atomic E-state index is 13.4. The van der Waals surface area contributed by atoms with Crippen LogP contribution in [0.4, 0.5) is 5.69 Å². The Morgan fingerprint density at radius 3 is 2.64 bits per heavy atom. The monoisotopic (exact) mass is 384 g/mol. The molecule has 2 fully saturated rings. The number of hydrogen-bond donors (Lipinski definition) is 3. The summed E-state index contributed by atoms with van der Waals surface area (Å²) in [6.45, 7) is 3.74. The zero-order valence-corrected chi connectivity index (χ0v) is 15.9. The molecule has 0 saturated carbocycles. The zero-order valence-electron chi connectivity index (χ0n) is 15.9. The maximum Gasteiger partial charge on any atom is 0.250 e. The lowest BCUT2D eigenvalue weighted by Gasteiger charge is -2.31. The number of nitrogens with two attached hydrogens (primary N) is 1. The van der Waals surface area contributed by atoms with Crippen LogP contribution < -0.4 is 16.4 Å². The first kappa shape index (κ1) is 18.6. The van der Waals surface area contributed by atoms with Crippen molar-refractivity contribution in [2.75, 3.05) is 5.32 Å². The van der Waals surface area contributed by atoms with Crippen LogP contribution in [0.3, 0.4) is 0 Å². The average Bonchev–Trinajstić information content (AvgIpc) is 3.24. The lowest BCUT2D eigenvalue weighted by atomic mass is 9.76. The Labute approximate surface area is 162 Å². The first-order valence-electron chi connectivity index (χ1n) is 9.66. The van der Waals surface area contributed by atoms with Crippen molar-refractivity contribution in [2.45, 2.75) is 50.7 Å². The Morgan fingerprint density at radius 2 is 1.96 bits per heavy atom. The minimum atomic E-state index is -1.31. The van der Waals surface area contributed by atoms with Crippen molar-refractivity contribution < 1.29 is 19.2 Å². The molecule has 8 heteroatoms. The van der Waals surface area contributed by atoms with Gasteiger partial charge in [0.05, 0.1) is 11.8 Å². The molecule has 0 unspecified atom stereocenters. The number of hydrogen-bond acceptors (Lipinski definition) is 5. The van der Waals surface area contributed by atoms with Gasteiger partial charge in [-0.3, -0.25) is 29.4 Å². The molecule has 3 heterocycles. The fraction of sp³-hybridized carbons (Fsp3) is 0.500. The predicted molar refractivity (Wildman–Crippen MR) is 101 cm³/mol. The number of carbonyl (C=O) groups excluding carboxylic acids is 4. The van der Waals surface area contributed by atoms with E-state index in [2.05, 4.69) is 10.6 Å². The summed E-state index contributed by atoms with van der Waals surface area (Å²) in [6, 6.07) is 6.46. The molecule has 0 aliphatic carbocycles. The van der Waals surface area contributed by atoms with Crippen molar-refractivity contribution in [1.82, 2.24) is 10.2 Å². The minimum absolute atomic E-state index is 0.0744. The molecule has 4 rings (SSSR count). The number of imide groups is 1. The number of anilines is 1. The molecule has 2 saturated heterocycles. The molecule has 8 nitrogen and oxygen atoms in total. The molecule has 4 N–H and O–H groups in total. The van der Waals surface area contributed by atoms with Crippen LogP contribution in [0.15, 0.2) is 24.3 Å². The largest absolute Gasteiger partial charge is 0.370 e. The Kier molecular flexibility index (Phi) is 4.26. The summed E-state index contributed by atoms with van der Waals surface area (Å²) in [4.78, 5) is 52.4. The molecule has 1 spiro atoms. The summed E-state index contributed by atoms with van der Waals surface area (Å²) in [6.07, 6.45) is 0.998. The Balaban J connectivity index is 1.83. The quantitative estimate of drug-likeness (QED) is 0.637. The van der Waals surface area contributed by atoms with Gasteiger partial charge < -0.3 is 11.1 Å². The second kappa shape index (κ2) is 6.41. The second-order valence-electron chi connectivity index (χ2n) is 7.87. The van der Waals surface area contributed by atoms with Crippen LogP contribution in [0.1, 0.15) is 38.7 Å². The summed E-state index contributed by atoms with van der Waals surface area (Å²) in [5.41, 5.74) is 5.31. The van der Waals surface area contributed by atoms with E-state index in [1.807, 2.05) is 26.0 Å². The lowest BCUT2D eigenvalue weighted by molar-refractivity contribution is -0.145. The number of para-hydroxylation sites is 1. The van der Waals surface area contributed by atoms with Crippen molar-refractivity contribution in [3.63, 3.8) is 0 Å². The van der Waals surface area contributed by atoms with Gasteiger partial charge in [0, 0.05) is 29.8 Å². The number of primary amides is 1. The van der Waals surface area contributed by atoms with Gasteiger partial charge in [-0.2, -0.15) is 0 Å². The van der Waals surface area contributed by atoms with Gasteiger partial charge in [0.1, 0.15) is 5.54 Å². The average molecular weight is 384 g/mol. The van der Waals surface area contributed by atoms with Crippen LogP contribution in [-0.4, -0.2) is 40.6 Å². The molecule has 4 amide bonds. The third-order valence-electron chi connectivity index (χ3n) is 6.39. The summed E-state index contributed by atoms with van der Waals surface area (Å²) in [5.74, 6) is -2.96. The third kappa shape index (κ3) is 2.33. The van der Waals surface area contributed by atoms with E-state index in [0.717, 1.165) is 0 Å². The number of fused-ring (bicyclic) bond motifs is 4. The molecular formula is C20H24N4O4. The SMILES string of the molecule is CC[C@@H](C)N1C(=O)[C@@H]2[C@H](CCC(N)=O)N[C@@]3(C(=O)Nc4ccccc43)[C@@H]2C1=O. The summed E-state index contributed by atoms with van der Waals surface area (Å²) >= 11 is 0. The Bertz CT molecular complexity index is 885. The van der Waals surface area contributed by atoms with Crippen LogP contribution in [0.2, 0.25) is 0 Å². The standard InChI is InChI=1S/C20H24N4O4/c1-3-10(2)24-17(26)15-13(8-9-14(21)25)23-20(16(15)18(24)27)11-6-4-5-7-12(11)22-19(20)28/h4-7,10,13,15-16,23H,3,8-9H2,1-2H3,(H2,21,25)(H,22,28)/t10-,13+,15-,16+,20-/m1/s1. The maximum atomic E-state index is 13.4. The second-order valence-corrected chi connectivity index (χ2v) is 7.87. The number of carbonyl (C=O) groups is 4. The topological polar surface area (TPSA) is 122 Å². The van der Waals surface area contributed by atoms with Crippen molar-refractivity contribution in [1.29, 1.82) is 0 Å². The van der Waals surface area contributed by atoms with Crippen LogP contribution in [0, 0.1) is 11.8 Å². The minimum Gasteiger partial charge on any atom is -0.370 e. The van der Waals surface area contributed by atoms with Crippen molar-refractivity contribution >= 4 is 29.3 Å². The normalized spacial score (nSPS) is 31.9. The van der Waals surface area contributed by atoms with Gasteiger partial charge >= 0.3 is 0 Å². The summed E-state index contributed by atoms with van der Waals surface area (Å²) < 4.78 is 0. The summed E-state index contributed by atoms with van der Waals surface area (Å²) in [7, 11) is 0. The third-order valence-corrected chi connectivity index (χ3v) is 6.39. The molecule has 28 heavy (non-hydrogen) atoms. The molecule has 1 aromatic carbocycles. The van der Waals surface area contributed by atoms with Crippen LogP contribution >= 0.6 is 0 Å². The number of likely N-dealkylation sites (tertiary alicyclic amines) is 1. The molecule has 0 radical (unpaired) electrons. The van der Waals surface area contributed by atoms with Crippen molar-refractivity contribution in [2.24, 2.45) is 17.6 Å². The fourth-order valence-electron chi connectivity index (χ4n) is 4.94. The van der Waals surface area contributed by atoms with Gasteiger partial charge in [-0.1, -0.05) is 25.1 Å². The van der Waals surface area contributed by atoms with E-state index in [0.29, 0.717) is 24.1 Å². The van der Waals surface area contributed by atoms with E-state index < -0.39 is 29.3 Å². The van der Waals surface area contributed by atoms with E-state index in [1.54, 1.807) is 12.1 Å². The van der Waals surface area contributed by atoms with Gasteiger partial charge in [-0.15, -0.1) is 0 Å². The zero-order chi connectivity index (χ0) is 20.2. The van der Waals surface area contributed by atoms with Crippen molar-refractivity contribution in [3.8, 4) is 0 Å². The van der Waals surface area contributed by atoms with E-state index in [4.69, 9.17) is 5.73 Å². The number of benzene rings is 1. The van der Waals surface area contributed by atoms with Gasteiger partial charge in [0.2, 0.25) is 23.6 Å². The molecule has 3 aliphatic rings. The highest BCUT2D eigenvalue weighted by atomic mass is 16.2. The number of amides is 4. The van der Waals surface area contributed by atoms with E-state index in [9.17, 15) is 19.2 Å². The molecular weight excluding hydrogens is 360 g/mol. The van der Waals surface area contributed by atoms with Crippen molar-refractivity contribution in [3.05, 3.63) is 29.8 Å². The molecule has 0 aromatic heterocycles. The van der Waals surface area contributed by atoms with Gasteiger partial charge in [0.25, 0.3) is 0 Å². The van der Waals surface area contributed by atoms with E-state index >= 15 is 0 Å². The molecule has 5 atom stereocenters. The number of rotatable bonds is 5. The van der Waals surface area contributed by atoms with Gasteiger partial charge in [-0.05, 0) is 25.8 Å². The highest BCUT2D eigenvalue weighted by Gasteiger charge is 2.70. The summed E-state index contributed by atoms with van der Waals surface area (Å²) in [5, 5.41) is 6.13. The Morgan fingerprint density at radius 1 is 1.25 bits per heavy atom. The number of nitrogens with one attached hydrogen (secondary N) is 2. The van der Waals surface area contributed by atoms with Gasteiger partial charge in [-0.25, -0.2) is 0 Å². The first-order valence-corrected chi connectivity index (χ1v) is 9.66. The van der Waals surface area contributed by atoms with E-state index in [1.165, 1.54) is 4.90 Å². The lowest BCUT2D eigenvalue weighted by Crippen LogP contribution is -2.54. The van der Waals surface area contributed by atoms with Gasteiger partial charge in [0.15, 0.2) is 0 Å². The van der Waals surface area contributed by atoms with Crippen LogP contribution in [0.5, 0.6) is 0 Å². The van der Waals surface area contributed by atoms with E-state index in [-0.39, 0.29) is 30.2 Å². The van der Waals surface area contributed by atoms with Crippen LogP contribution in [-0.2, 0) is 24.7 Å². The fourth-order valence-corrected chi connectivity index (χ4v) is 4.94. The highest BCUT2D eigenvalue weighted by molar-refractivity contribution is 6.15. The highest BCUT2D eigenvalue weighted by Crippen LogP contribution is 2.53. The smallest absolute Gasteiger partial charge is 0.250 e. The Hall–Kier alpha value is -2.74.